The van der Waals surface area contributed by atoms with Crippen LogP contribution in [0.1, 0.15) is 23.2 Å². The van der Waals surface area contributed by atoms with Gasteiger partial charge in [-0.1, -0.05) is 0 Å². The summed E-state index contributed by atoms with van der Waals surface area (Å²) >= 11 is 0. The maximum Gasteiger partial charge on any atom is 0.310 e. The average Bonchev–Trinajstić information content (AvgIpc) is 2.93. The van der Waals surface area contributed by atoms with Crippen LogP contribution >= 0.6 is 0 Å². The van der Waals surface area contributed by atoms with E-state index in [1.54, 1.807) is 4.90 Å². The number of amides is 1. The first-order valence-corrected chi connectivity index (χ1v) is 6.42. The second kappa shape index (κ2) is 5.87. The normalized spacial score (nSPS) is 18.1. The SMILES string of the molecule is COc1cc(C(=O)N2CCCC2CN)ccc1[N+](=O)[O-]. The van der Waals surface area contributed by atoms with E-state index in [0.29, 0.717) is 18.7 Å². The summed E-state index contributed by atoms with van der Waals surface area (Å²) in [5.74, 6) is -0.0736. The van der Waals surface area contributed by atoms with Crippen LogP contribution in [0.15, 0.2) is 18.2 Å². The Kier molecular flexibility index (Phi) is 4.19. The van der Waals surface area contributed by atoms with E-state index < -0.39 is 4.92 Å². The Hall–Kier alpha value is -2.15. The molecule has 1 fully saturated rings. The molecule has 1 unspecified atom stereocenters. The van der Waals surface area contributed by atoms with Gasteiger partial charge in [0.2, 0.25) is 0 Å². The lowest BCUT2D eigenvalue weighted by atomic mass is 10.1. The van der Waals surface area contributed by atoms with Crippen LogP contribution in [0.25, 0.3) is 0 Å². The summed E-state index contributed by atoms with van der Waals surface area (Å²) in [5.41, 5.74) is 5.88. The number of carbonyl (C=O) groups excluding carboxylic acids is 1. The van der Waals surface area contributed by atoms with Gasteiger partial charge < -0.3 is 15.4 Å². The van der Waals surface area contributed by atoms with Crippen molar-refractivity contribution in [1.82, 2.24) is 4.90 Å². The smallest absolute Gasteiger partial charge is 0.310 e. The zero-order valence-electron chi connectivity index (χ0n) is 11.2. The van der Waals surface area contributed by atoms with Gasteiger partial charge in [-0.3, -0.25) is 14.9 Å². The molecule has 1 atom stereocenters. The Morgan fingerprint density at radius 3 is 2.95 bits per heavy atom. The molecular weight excluding hydrogens is 262 g/mol. The third-order valence-electron chi connectivity index (χ3n) is 3.53. The van der Waals surface area contributed by atoms with Crippen LogP contribution in [0.4, 0.5) is 5.69 Å². The zero-order valence-corrected chi connectivity index (χ0v) is 11.2. The third-order valence-corrected chi connectivity index (χ3v) is 3.53. The van der Waals surface area contributed by atoms with Crippen LogP contribution in [-0.2, 0) is 0 Å². The number of carbonyl (C=O) groups is 1. The Balaban J connectivity index is 2.29. The molecule has 7 nitrogen and oxygen atoms in total. The van der Waals surface area contributed by atoms with Gasteiger partial charge in [0.1, 0.15) is 0 Å². The van der Waals surface area contributed by atoms with Crippen molar-refractivity contribution in [2.24, 2.45) is 5.73 Å². The van der Waals surface area contributed by atoms with Gasteiger partial charge in [-0.05, 0) is 18.9 Å². The molecule has 1 aliphatic rings. The van der Waals surface area contributed by atoms with Crippen molar-refractivity contribution in [2.45, 2.75) is 18.9 Å². The van der Waals surface area contributed by atoms with Crippen LogP contribution < -0.4 is 10.5 Å². The maximum absolute atomic E-state index is 12.4. The lowest BCUT2D eigenvalue weighted by molar-refractivity contribution is -0.385. The largest absolute Gasteiger partial charge is 0.490 e. The first-order chi connectivity index (χ1) is 9.58. The van der Waals surface area contributed by atoms with Crippen molar-refractivity contribution in [1.29, 1.82) is 0 Å². The Morgan fingerprint density at radius 1 is 1.60 bits per heavy atom. The minimum Gasteiger partial charge on any atom is -0.490 e. The number of nitrogens with zero attached hydrogens (tertiary/aromatic N) is 2. The van der Waals surface area contributed by atoms with Crippen LogP contribution in [-0.4, -0.2) is 42.0 Å². The monoisotopic (exact) mass is 279 g/mol. The molecule has 0 saturated carbocycles. The number of nitro groups is 1. The highest BCUT2D eigenvalue weighted by Gasteiger charge is 2.29. The Morgan fingerprint density at radius 2 is 2.35 bits per heavy atom. The van der Waals surface area contributed by atoms with E-state index in [-0.39, 0.29) is 23.4 Å². The van der Waals surface area contributed by atoms with E-state index in [2.05, 4.69) is 0 Å². The van der Waals surface area contributed by atoms with Crippen molar-refractivity contribution < 1.29 is 14.5 Å². The summed E-state index contributed by atoms with van der Waals surface area (Å²) in [4.78, 5) is 24.4. The van der Waals surface area contributed by atoms with Crippen molar-refractivity contribution in [2.75, 3.05) is 20.2 Å². The van der Waals surface area contributed by atoms with Gasteiger partial charge in [0.25, 0.3) is 5.91 Å². The molecule has 1 saturated heterocycles. The fourth-order valence-corrected chi connectivity index (χ4v) is 2.48. The number of nitro benzene ring substituents is 1. The number of methoxy groups -OCH3 is 1. The van der Waals surface area contributed by atoms with Crippen molar-refractivity contribution in [3.8, 4) is 5.75 Å². The molecule has 1 heterocycles. The van der Waals surface area contributed by atoms with E-state index in [4.69, 9.17) is 10.5 Å². The van der Waals surface area contributed by atoms with Gasteiger partial charge in [0.15, 0.2) is 5.75 Å². The highest BCUT2D eigenvalue weighted by atomic mass is 16.6. The average molecular weight is 279 g/mol. The number of hydrogen-bond acceptors (Lipinski definition) is 5. The van der Waals surface area contributed by atoms with Gasteiger partial charge in [-0.25, -0.2) is 0 Å². The number of rotatable bonds is 4. The van der Waals surface area contributed by atoms with Gasteiger partial charge >= 0.3 is 5.69 Å². The molecule has 0 spiro atoms. The molecule has 0 aliphatic carbocycles. The second-order valence-corrected chi connectivity index (χ2v) is 4.67. The molecule has 0 aromatic heterocycles. The highest BCUT2D eigenvalue weighted by molar-refractivity contribution is 5.95. The predicted octanol–water partition coefficient (Wildman–Crippen LogP) is 1.17. The predicted molar refractivity (Wildman–Crippen MR) is 72.8 cm³/mol. The number of ether oxygens (including phenoxy) is 1. The lowest BCUT2D eigenvalue weighted by Gasteiger charge is -2.23. The molecule has 108 valence electrons. The molecule has 1 aromatic rings. The summed E-state index contributed by atoms with van der Waals surface area (Å²) < 4.78 is 4.98. The van der Waals surface area contributed by atoms with Crippen LogP contribution in [0.2, 0.25) is 0 Å². The maximum atomic E-state index is 12.4. The fraction of sp³-hybridized carbons (Fsp3) is 0.462. The van der Waals surface area contributed by atoms with Crippen molar-refractivity contribution in [3.05, 3.63) is 33.9 Å². The molecule has 7 heteroatoms. The molecule has 2 rings (SSSR count). The topological polar surface area (TPSA) is 98.7 Å². The molecule has 1 aromatic carbocycles. The fourth-order valence-electron chi connectivity index (χ4n) is 2.48. The highest BCUT2D eigenvalue weighted by Crippen LogP contribution is 2.29. The van der Waals surface area contributed by atoms with Crippen molar-refractivity contribution in [3.63, 3.8) is 0 Å². The van der Waals surface area contributed by atoms with Gasteiger partial charge in [-0.15, -0.1) is 0 Å². The number of hydrogen-bond donors (Lipinski definition) is 1. The summed E-state index contributed by atoms with van der Waals surface area (Å²) in [5, 5.41) is 10.8. The minimum absolute atomic E-state index is 0.0451. The van der Waals surface area contributed by atoms with E-state index in [1.165, 1.54) is 25.3 Å². The Bertz CT molecular complexity index is 532. The summed E-state index contributed by atoms with van der Waals surface area (Å²) in [6.45, 7) is 1.09. The molecule has 2 N–H and O–H groups in total. The molecule has 1 amide bonds. The zero-order chi connectivity index (χ0) is 14.7. The van der Waals surface area contributed by atoms with Crippen LogP contribution in [0.3, 0.4) is 0 Å². The lowest BCUT2D eigenvalue weighted by Crippen LogP contribution is -2.39. The van der Waals surface area contributed by atoms with Crippen molar-refractivity contribution >= 4 is 11.6 Å². The van der Waals surface area contributed by atoms with Gasteiger partial charge in [-0.2, -0.15) is 0 Å². The summed E-state index contributed by atoms with van der Waals surface area (Å²) in [7, 11) is 1.34. The van der Waals surface area contributed by atoms with Gasteiger partial charge in [0, 0.05) is 36.8 Å². The molecule has 1 aliphatic heterocycles. The first-order valence-electron chi connectivity index (χ1n) is 6.42. The van der Waals surface area contributed by atoms with E-state index >= 15 is 0 Å². The molecule has 0 bridgehead atoms. The van der Waals surface area contributed by atoms with E-state index in [0.717, 1.165) is 12.8 Å². The van der Waals surface area contributed by atoms with Crippen LogP contribution in [0.5, 0.6) is 5.75 Å². The standard InChI is InChI=1S/C13H17N3O4/c1-20-12-7-9(4-5-11(12)16(18)19)13(17)15-6-2-3-10(15)8-14/h4-5,7,10H,2-3,6,8,14H2,1H3. The molecule has 0 radical (unpaired) electrons. The molecule has 20 heavy (non-hydrogen) atoms. The second-order valence-electron chi connectivity index (χ2n) is 4.67. The number of nitrogens with two attached hydrogens (primary N) is 1. The molecular formula is C13H17N3O4. The number of likely N-dealkylation sites (tertiary alicyclic amines) is 1. The first kappa shape index (κ1) is 14.3. The van der Waals surface area contributed by atoms with E-state index in [9.17, 15) is 14.9 Å². The quantitative estimate of drug-likeness (QED) is 0.658. The summed E-state index contributed by atoms with van der Waals surface area (Å²) in [6.07, 6.45) is 1.82. The Labute approximate surface area is 116 Å². The van der Waals surface area contributed by atoms with Gasteiger partial charge in [0.05, 0.1) is 12.0 Å². The number of benzene rings is 1. The minimum atomic E-state index is -0.536. The van der Waals surface area contributed by atoms with E-state index in [1.807, 2.05) is 0 Å². The third kappa shape index (κ3) is 2.57. The summed E-state index contributed by atoms with van der Waals surface area (Å²) in [6, 6.07) is 4.20. The van der Waals surface area contributed by atoms with Crippen LogP contribution in [0, 0.1) is 10.1 Å².